The normalized spacial score (nSPS) is 11.2. The summed E-state index contributed by atoms with van der Waals surface area (Å²) in [5, 5.41) is 0. The lowest BCUT2D eigenvalue weighted by atomic mass is 10.1. The molecule has 0 aliphatic carbocycles. The molecule has 1 heterocycles. The van der Waals surface area contributed by atoms with Gasteiger partial charge in [0.15, 0.2) is 0 Å². The first-order chi connectivity index (χ1) is 9.36. The molecule has 0 spiro atoms. The molecule has 5 nitrogen and oxygen atoms in total. The Balaban J connectivity index is 3.24. The van der Waals surface area contributed by atoms with E-state index in [0.717, 1.165) is 0 Å². The highest BCUT2D eigenvalue weighted by Gasteiger charge is 2.25. The monoisotopic (exact) mass is 344 g/mol. The lowest BCUT2D eigenvalue weighted by Crippen LogP contribution is -2.20. The van der Waals surface area contributed by atoms with E-state index in [-0.39, 0.29) is 17.7 Å². The maximum atomic E-state index is 13.6. The number of aromatic nitrogens is 1. The Bertz CT molecular complexity index is 559. The first-order valence-electron chi connectivity index (χ1n) is 5.78. The highest BCUT2D eigenvalue weighted by molar-refractivity contribution is 9.10. The summed E-state index contributed by atoms with van der Waals surface area (Å²) in [7, 11) is 3.28. The zero-order valence-corrected chi connectivity index (χ0v) is 12.9. The number of carbonyl (C=O) groups excluding carboxylic acids is 2. The molecular formula is C13H14BrFN2O3. The summed E-state index contributed by atoms with van der Waals surface area (Å²) in [6.07, 6.45) is 2.52. The van der Waals surface area contributed by atoms with E-state index < -0.39 is 17.7 Å². The highest BCUT2D eigenvalue weighted by atomic mass is 79.9. The van der Waals surface area contributed by atoms with Crippen molar-refractivity contribution < 1.29 is 18.7 Å². The summed E-state index contributed by atoms with van der Waals surface area (Å²) < 4.78 is 18.9. The van der Waals surface area contributed by atoms with E-state index in [1.807, 2.05) is 0 Å². The molecule has 0 unspecified atom stereocenters. The van der Waals surface area contributed by atoms with Gasteiger partial charge in [-0.2, -0.15) is 4.39 Å². The van der Waals surface area contributed by atoms with Gasteiger partial charge < -0.3 is 9.64 Å². The summed E-state index contributed by atoms with van der Waals surface area (Å²) in [5.74, 6) is -2.51. The van der Waals surface area contributed by atoms with Gasteiger partial charge in [-0.15, -0.1) is 0 Å². The molecule has 0 fully saturated rings. The second-order valence-electron chi connectivity index (χ2n) is 4.05. The standard InChI is InChI=1S/C13H14BrFN2O3/c1-4-20-13(19)10(7-17(2)3)11(18)9-5-8(14)6-16-12(9)15/h5-7H,4H2,1-3H3/b10-7-. The summed E-state index contributed by atoms with van der Waals surface area (Å²) in [6.45, 7) is 1.74. The molecule has 20 heavy (non-hydrogen) atoms. The van der Waals surface area contributed by atoms with Crippen molar-refractivity contribution in [3.63, 3.8) is 0 Å². The molecule has 1 aromatic rings. The van der Waals surface area contributed by atoms with Gasteiger partial charge >= 0.3 is 5.97 Å². The van der Waals surface area contributed by atoms with Gasteiger partial charge in [-0.05, 0) is 28.9 Å². The van der Waals surface area contributed by atoms with E-state index in [1.54, 1.807) is 21.0 Å². The number of hydrogen-bond acceptors (Lipinski definition) is 5. The van der Waals surface area contributed by atoms with E-state index in [1.165, 1.54) is 23.4 Å². The minimum Gasteiger partial charge on any atom is -0.462 e. The molecule has 7 heteroatoms. The molecule has 0 amide bonds. The molecule has 0 aliphatic heterocycles. The van der Waals surface area contributed by atoms with Crippen LogP contribution in [0, 0.1) is 5.95 Å². The van der Waals surface area contributed by atoms with Crippen molar-refractivity contribution in [3.8, 4) is 0 Å². The van der Waals surface area contributed by atoms with Crippen LogP contribution >= 0.6 is 15.9 Å². The van der Waals surface area contributed by atoms with Crippen molar-refractivity contribution in [3.05, 3.63) is 40.0 Å². The Morgan fingerprint density at radius 2 is 2.15 bits per heavy atom. The predicted octanol–water partition coefficient (Wildman–Crippen LogP) is 2.17. The van der Waals surface area contributed by atoms with Gasteiger partial charge in [0, 0.05) is 31.0 Å². The maximum Gasteiger partial charge on any atom is 0.343 e. The summed E-state index contributed by atoms with van der Waals surface area (Å²) in [6, 6.07) is 1.27. The second-order valence-corrected chi connectivity index (χ2v) is 4.96. The van der Waals surface area contributed by atoms with E-state index in [4.69, 9.17) is 4.74 Å². The predicted molar refractivity (Wildman–Crippen MR) is 74.6 cm³/mol. The molecule has 0 radical (unpaired) electrons. The number of ketones is 1. The van der Waals surface area contributed by atoms with Crippen LogP contribution < -0.4 is 0 Å². The minimum absolute atomic E-state index is 0.121. The topological polar surface area (TPSA) is 59.5 Å². The van der Waals surface area contributed by atoms with Crippen LogP contribution in [0.25, 0.3) is 0 Å². The van der Waals surface area contributed by atoms with Crippen LogP contribution in [0.4, 0.5) is 4.39 Å². The molecule has 0 aromatic carbocycles. The van der Waals surface area contributed by atoms with E-state index in [0.29, 0.717) is 4.47 Å². The zero-order chi connectivity index (χ0) is 15.3. The van der Waals surface area contributed by atoms with Crippen molar-refractivity contribution in [2.75, 3.05) is 20.7 Å². The van der Waals surface area contributed by atoms with E-state index >= 15 is 0 Å². The van der Waals surface area contributed by atoms with Crippen LogP contribution in [0.5, 0.6) is 0 Å². The largest absolute Gasteiger partial charge is 0.462 e. The van der Waals surface area contributed by atoms with Crippen molar-refractivity contribution >= 4 is 27.7 Å². The number of pyridine rings is 1. The fourth-order valence-corrected chi connectivity index (χ4v) is 1.73. The number of ether oxygens (including phenoxy) is 1. The zero-order valence-electron chi connectivity index (χ0n) is 11.3. The minimum atomic E-state index is -0.938. The van der Waals surface area contributed by atoms with E-state index in [9.17, 15) is 14.0 Å². The fraction of sp³-hybridized carbons (Fsp3) is 0.308. The fourth-order valence-electron chi connectivity index (χ4n) is 1.40. The number of hydrogen-bond donors (Lipinski definition) is 0. The molecule has 0 saturated heterocycles. The number of esters is 1. The van der Waals surface area contributed by atoms with Crippen LogP contribution in [-0.4, -0.2) is 42.3 Å². The lowest BCUT2D eigenvalue weighted by molar-refractivity contribution is -0.138. The molecule has 0 aliphatic rings. The maximum absolute atomic E-state index is 13.6. The molecule has 0 bridgehead atoms. The van der Waals surface area contributed by atoms with Crippen LogP contribution in [0.2, 0.25) is 0 Å². The third-order valence-corrected chi connectivity index (χ3v) is 2.61. The van der Waals surface area contributed by atoms with Crippen LogP contribution in [0.15, 0.2) is 28.5 Å². The Hall–Kier alpha value is -1.76. The van der Waals surface area contributed by atoms with Gasteiger partial charge in [-0.25, -0.2) is 9.78 Å². The lowest BCUT2D eigenvalue weighted by Gasteiger charge is -2.11. The average molecular weight is 345 g/mol. The Morgan fingerprint density at radius 3 is 2.70 bits per heavy atom. The number of nitrogens with zero attached hydrogens (tertiary/aromatic N) is 2. The SMILES string of the molecule is CCOC(=O)/C(=C\N(C)C)C(=O)c1cc(Br)cnc1F. The Morgan fingerprint density at radius 1 is 1.50 bits per heavy atom. The molecule has 1 rings (SSSR count). The van der Waals surface area contributed by atoms with Gasteiger partial charge in [0.2, 0.25) is 11.7 Å². The smallest absolute Gasteiger partial charge is 0.343 e. The average Bonchev–Trinajstić information content (AvgIpc) is 2.38. The van der Waals surface area contributed by atoms with Crippen molar-refractivity contribution in [1.29, 1.82) is 0 Å². The van der Waals surface area contributed by atoms with Crippen molar-refractivity contribution in [2.24, 2.45) is 0 Å². The van der Waals surface area contributed by atoms with Crippen molar-refractivity contribution in [2.45, 2.75) is 6.92 Å². The van der Waals surface area contributed by atoms with Crippen molar-refractivity contribution in [1.82, 2.24) is 9.88 Å². The molecular weight excluding hydrogens is 331 g/mol. The first-order valence-corrected chi connectivity index (χ1v) is 6.57. The van der Waals surface area contributed by atoms with Gasteiger partial charge in [0.05, 0.1) is 12.2 Å². The Kier molecular flexibility index (Phi) is 5.82. The van der Waals surface area contributed by atoms with Crippen LogP contribution in [-0.2, 0) is 9.53 Å². The summed E-state index contributed by atoms with van der Waals surface area (Å²) in [4.78, 5) is 29.0. The van der Waals surface area contributed by atoms with Crippen LogP contribution in [0.1, 0.15) is 17.3 Å². The molecule has 1 aromatic heterocycles. The van der Waals surface area contributed by atoms with Crippen LogP contribution in [0.3, 0.4) is 0 Å². The molecule has 108 valence electrons. The van der Waals surface area contributed by atoms with Gasteiger partial charge in [-0.3, -0.25) is 4.79 Å². The third kappa shape index (κ3) is 4.12. The number of rotatable bonds is 5. The van der Waals surface area contributed by atoms with Gasteiger partial charge in [0.1, 0.15) is 5.57 Å². The Labute approximate surface area is 124 Å². The van der Waals surface area contributed by atoms with Gasteiger partial charge in [0.25, 0.3) is 0 Å². The number of carbonyl (C=O) groups is 2. The molecule has 0 N–H and O–H groups in total. The highest BCUT2D eigenvalue weighted by Crippen LogP contribution is 2.17. The molecule has 0 saturated carbocycles. The van der Waals surface area contributed by atoms with Gasteiger partial charge in [-0.1, -0.05) is 0 Å². The second kappa shape index (κ2) is 7.14. The molecule has 0 atom stereocenters. The number of halogens is 2. The third-order valence-electron chi connectivity index (χ3n) is 2.18. The number of Topliss-reactive ketones (excluding diaryl/α,β-unsaturated/α-hetero) is 1. The van der Waals surface area contributed by atoms with E-state index in [2.05, 4.69) is 20.9 Å². The summed E-state index contributed by atoms with van der Waals surface area (Å²) >= 11 is 3.10. The quantitative estimate of drug-likeness (QED) is 0.204. The first kappa shape index (κ1) is 16.3. The summed E-state index contributed by atoms with van der Waals surface area (Å²) in [5.41, 5.74) is -0.545.